The number of carbonyl (C=O) groups excluding carboxylic acids is 2. The van der Waals surface area contributed by atoms with E-state index >= 15 is 0 Å². The number of aliphatic hydroxyl groups is 1. The summed E-state index contributed by atoms with van der Waals surface area (Å²) >= 11 is 0. The molecule has 0 rings (SSSR count). The zero-order valence-corrected chi connectivity index (χ0v) is 40.4. The van der Waals surface area contributed by atoms with Crippen molar-refractivity contribution >= 4 is 19.7 Å². The summed E-state index contributed by atoms with van der Waals surface area (Å²) in [5.41, 5.74) is 0. The highest BCUT2D eigenvalue weighted by atomic mass is 31.2. The molecule has 10 heteroatoms. The number of phosphoric acid groups is 1. The zero-order chi connectivity index (χ0) is 45.3. The predicted molar refractivity (Wildman–Crippen MR) is 261 cm³/mol. The number of nitrogens with one attached hydrogen (secondary N) is 1. The average Bonchev–Trinajstić information content (AvgIpc) is 3.26. The topological polar surface area (TPSA) is 131 Å². The van der Waals surface area contributed by atoms with Crippen LogP contribution in [0.4, 0.5) is 0 Å². The Morgan fingerprint density at radius 3 is 1.32 bits per heavy atom. The van der Waals surface area contributed by atoms with Gasteiger partial charge in [-0.15, -0.1) is 0 Å². The van der Waals surface area contributed by atoms with Crippen molar-refractivity contribution in [3.63, 3.8) is 0 Å². The number of aliphatic hydroxyl groups excluding tert-OH is 1. The number of hydrogen-bond donors (Lipinski definition) is 3. The first-order valence-corrected chi connectivity index (χ1v) is 26.4. The van der Waals surface area contributed by atoms with E-state index in [-0.39, 0.29) is 32.1 Å². The lowest BCUT2D eigenvalue weighted by atomic mass is 10.0. The van der Waals surface area contributed by atoms with Crippen LogP contribution in [0, 0.1) is 0 Å². The van der Waals surface area contributed by atoms with Gasteiger partial charge in [0, 0.05) is 19.4 Å². The Hall–Kier alpha value is -2.55. The lowest BCUT2D eigenvalue weighted by Gasteiger charge is -2.15. The van der Waals surface area contributed by atoms with Crippen LogP contribution in [-0.2, 0) is 27.9 Å². The third kappa shape index (κ3) is 48.5. The summed E-state index contributed by atoms with van der Waals surface area (Å²) in [4.78, 5) is 34.0. The van der Waals surface area contributed by atoms with Gasteiger partial charge in [0.15, 0.2) is 0 Å². The molecule has 0 bridgehead atoms. The van der Waals surface area contributed by atoms with Crippen LogP contribution >= 0.6 is 7.82 Å². The molecule has 3 N–H and O–H groups in total. The summed E-state index contributed by atoms with van der Waals surface area (Å²) in [6.07, 6.45) is 60.0. The van der Waals surface area contributed by atoms with E-state index in [9.17, 15) is 24.2 Å². The second-order valence-electron chi connectivity index (χ2n) is 16.4. The smallest absolute Gasteiger partial charge is 0.463 e. The average molecular weight is 890 g/mol. The van der Waals surface area contributed by atoms with Crippen LogP contribution in [0.5, 0.6) is 0 Å². The van der Waals surface area contributed by atoms with Gasteiger partial charge in [0.2, 0.25) is 5.91 Å². The molecule has 0 saturated heterocycles. The van der Waals surface area contributed by atoms with Crippen LogP contribution in [0.15, 0.2) is 72.9 Å². The lowest BCUT2D eigenvalue weighted by Crippen LogP contribution is -2.27. The summed E-state index contributed by atoms with van der Waals surface area (Å²) in [6, 6.07) is 0. The van der Waals surface area contributed by atoms with Crippen molar-refractivity contribution in [3.8, 4) is 0 Å². The fourth-order valence-electron chi connectivity index (χ4n) is 6.70. The molecular formula is C52H92NO8P. The van der Waals surface area contributed by atoms with Gasteiger partial charge in [-0.2, -0.15) is 0 Å². The third-order valence-electron chi connectivity index (χ3n) is 10.4. The first-order valence-electron chi connectivity index (χ1n) is 24.9. The van der Waals surface area contributed by atoms with Gasteiger partial charge in [0.05, 0.1) is 13.2 Å². The number of ether oxygens (including phenoxy) is 1. The SMILES string of the molecule is CC/C=C\C/C=C\C/C=C\C/C=C\C/C=C\C/C=C\CCC(=O)OCC(O)COP(=O)(O)OCCNC(=O)CCCCCCCCCCCCCCCCCCCCCCCC. The van der Waals surface area contributed by atoms with Crippen LogP contribution in [0.25, 0.3) is 0 Å². The van der Waals surface area contributed by atoms with Gasteiger partial charge in [-0.25, -0.2) is 4.57 Å². The summed E-state index contributed by atoms with van der Waals surface area (Å²) in [5, 5.41) is 12.7. The molecule has 0 saturated carbocycles. The maximum Gasteiger partial charge on any atom is 0.472 e. The van der Waals surface area contributed by atoms with Crippen LogP contribution in [0.3, 0.4) is 0 Å². The molecule has 0 spiro atoms. The quantitative estimate of drug-likeness (QED) is 0.0238. The minimum atomic E-state index is -4.44. The molecule has 0 aliphatic rings. The van der Waals surface area contributed by atoms with Crippen molar-refractivity contribution in [3.05, 3.63) is 72.9 Å². The Morgan fingerprint density at radius 2 is 0.903 bits per heavy atom. The molecule has 9 nitrogen and oxygen atoms in total. The van der Waals surface area contributed by atoms with E-state index in [0.717, 1.165) is 57.8 Å². The van der Waals surface area contributed by atoms with Gasteiger partial charge < -0.3 is 20.1 Å². The number of unbranched alkanes of at least 4 members (excludes halogenated alkanes) is 21. The first kappa shape index (κ1) is 59.5. The second-order valence-corrected chi connectivity index (χ2v) is 17.9. The number of carbonyl (C=O) groups is 2. The minimum absolute atomic E-state index is 0.0724. The molecule has 1 amide bonds. The van der Waals surface area contributed by atoms with Gasteiger partial charge >= 0.3 is 13.8 Å². The third-order valence-corrected chi connectivity index (χ3v) is 11.4. The molecule has 0 aliphatic heterocycles. The normalized spacial score (nSPS) is 13.8. The highest BCUT2D eigenvalue weighted by Crippen LogP contribution is 2.42. The maximum absolute atomic E-state index is 12.1. The van der Waals surface area contributed by atoms with Crippen molar-refractivity contribution in [1.29, 1.82) is 0 Å². The van der Waals surface area contributed by atoms with Crippen LogP contribution in [0.1, 0.15) is 213 Å². The molecule has 2 unspecified atom stereocenters. The number of rotatable bonds is 46. The number of esters is 1. The van der Waals surface area contributed by atoms with Gasteiger partial charge in [-0.3, -0.25) is 18.6 Å². The first-order chi connectivity index (χ1) is 30.3. The molecule has 0 radical (unpaired) electrons. The van der Waals surface area contributed by atoms with E-state index < -0.39 is 26.5 Å². The number of hydrogen-bond acceptors (Lipinski definition) is 7. The van der Waals surface area contributed by atoms with E-state index in [1.54, 1.807) is 0 Å². The van der Waals surface area contributed by atoms with E-state index in [0.29, 0.717) is 12.8 Å². The lowest BCUT2D eigenvalue weighted by molar-refractivity contribution is -0.147. The Balaban J connectivity index is 3.63. The Morgan fingerprint density at radius 1 is 0.516 bits per heavy atom. The van der Waals surface area contributed by atoms with Gasteiger partial charge in [-0.1, -0.05) is 222 Å². The predicted octanol–water partition coefficient (Wildman–Crippen LogP) is 14.6. The van der Waals surface area contributed by atoms with Crippen molar-refractivity contribution in [2.75, 3.05) is 26.4 Å². The van der Waals surface area contributed by atoms with Crippen molar-refractivity contribution in [2.24, 2.45) is 0 Å². The van der Waals surface area contributed by atoms with Crippen LogP contribution < -0.4 is 5.32 Å². The fraction of sp³-hybridized carbons (Fsp3) is 0.731. The van der Waals surface area contributed by atoms with Crippen molar-refractivity contribution in [2.45, 2.75) is 219 Å². The van der Waals surface area contributed by atoms with E-state index in [1.165, 1.54) is 122 Å². The van der Waals surface area contributed by atoms with Crippen molar-refractivity contribution in [1.82, 2.24) is 5.32 Å². The van der Waals surface area contributed by atoms with Gasteiger partial charge in [0.25, 0.3) is 0 Å². The summed E-state index contributed by atoms with van der Waals surface area (Å²) in [7, 11) is -4.44. The number of allylic oxidation sites excluding steroid dienone is 12. The van der Waals surface area contributed by atoms with E-state index in [1.807, 2.05) is 12.2 Å². The summed E-state index contributed by atoms with van der Waals surface area (Å²) < 4.78 is 26.9. The molecule has 0 aromatic heterocycles. The highest BCUT2D eigenvalue weighted by molar-refractivity contribution is 7.47. The fourth-order valence-corrected chi connectivity index (χ4v) is 7.46. The molecule has 0 heterocycles. The molecule has 0 fully saturated rings. The van der Waals surface area contributed by atoms with Crippen LogP contribution in [-0.4, -0.2) is 54.3 Å². The Kier molecular flexibility index (Phi) is 45.9. The molecular weight excluding hydrogens is 798 g/mol. The molecule has 0 aromatic rings. The second kappa shape index (κ2) is 47.9. The minimum Gasteiger partial charge on any atom is -0.463 e. The van der Waals surface area contributed by atoms with Crippen LogP contribution in [0.2, 0.25) is 0 Å². The molecule has 358 valence electrons. The van der Waals surface area contributed by atoms with Crippen molar-refractivity contribution < 1.29 is 37.9 Å². The van der Waals surface area contributed by atoms with Gasteiger partial charge in [-0.05, 0) is 51.4 Å². The molecule has 62 heavy (non-hydrogen) atoms. The largest absolute Gasteiger partial charge is 0.472 e. The van der Waals surface area contributed by atoms with Gasteiger partial charge in [0.1, 0.15) is 12.7 Å². The molecule has 0 aliphatic carbocycles. The Labute approximate surface area is 380 Å². The summed E-state index contributed by atoms with van der Waals surface area (Å²) in [6.45, 7) is 3.38. The monoisotopic (exact) mass is 890 g/mol. The molecule has 0 aromatic carbocycles. The highest BCUT2D eigenvalue weighted by Gasteiger charge is 2.23. The summed E-state index contributed by atoms with van der Waals surface area (Å²) in [5.74, 6) is -0.600. The number of amides is 1. The molecule has 2 atom stereocenters. The zero-order valence-electron chi connectivity index (χ0n) is 39.5. The number of phosphoric ester groups is 1. The maximum atomic E-state index is 12.1. The van der Waals surface area contributed by atoms with E-state index in [4.69, 9.17) is 13.8 Å². The standard InChI is InChI=1S/C52H92NO8P/c1-3-5-7-9-11-13-15-17-19-21-23-24-25-27-28-30-32-34-36-38-40-42-44-51(55)53-46-47-60-62(57,58)61-49-50(54)48-59-52(56)45-43-41-39-37-35-33-31-29-26-22-20-18-16-14-12-10-8-6-4-2/h6,8,12,14,18,20,26,29,33,35,39,41,50,54H,3-5,7,9-11,13,15-17,19,21-25,27-28,30-32,34,36-38,40,42-49H2,1-2H3,(H,53,55)(H,57,58)/b8-6-,14-12-,20-18-,29-26-,35-33-,41-39-. The Bertz CT molecular complexity index is 1240. The van der Waals surface area contributed by atoms with E-state index in [2.05, 4.69) is 79.9 Å².